The number of carbonyl (C=O) groups excluding carboxylic acids is 1. The van der Waals surface area contributed by atoms with Gasteiger partial charge in [0.15, 0.2) is 0 Å². The van der Waals surface area contributed by atoms with Crippen LogP contribution in [0.3, 0.4) is 0 Å². The number of hydrogen-bond donors (Lipinski definition) is 1. The molecule has 0 bridgehead atoms. The number of carbonyl (C=O) groups is 1. The van der Waals surface area contributed by atoms with Gasteiger partial charge in [0.2, 0.25) is 0 Å². The Morgan fingerprint density at radius 1 is 1.10 bits per heavy atom. The van der Waals surface area contributed by atoms with E-state index in [1.54, 1.807) is 26.4 Å². The fraction of sp³-hybridized carbons (Fsp3) is 0.235. The Morgan fingerprint density at radius 3 is 2.43 bits per heavy atom. The Kier molecular flexibility index (Phi) is 4.95. The minimum absolute atomic E-state index is 0.164. The molecule has 2 aromatic carbocycles. The lowest BCUT2D eigenvalue weighted by molar-refractivity contribution is 0.102. The van der Waals surface area contributed by atoms with Crippen LogP contribution in [-0.2, 0) is 11.3 Å². The van der Waals surface area contributed by atoms with Crippen molar-refractivity contribution in [3.63, 3.8) is 0 Å². The van der Waals surface area contributed by atoms with E-state index in [9.17, 15) is 4.79 Å². The molecule has 0 fully saturated rings. The van der Waals surface area contributed by atoms with Gasteiger partial charge in [-0.15, -0.1) is 0 Å². The van der Waals surface area contributed by atoms with Crippen LogP contribution in [0.5, 0.6) is 5.75 Å². The quantitative estimate of drug-likeness (QED) is 0.916. The topological polar surface area (TPSA) is 47.6 Å². The molecule has 0 aliphatic heterocycles. The molecule has 2 aromatic rings. The standard InChI is InChI=1S/C17H19NO3/c1-12-4-9-16(21-3)15(10-12)18-17(19)14-7-5-13(6-8-14)11-20-2/h4-10H,11H2,1-3H3,(H,18,19). The van der Waals surface area contributed by atoms with Crippen molar-refractivity contribution < 1.29 is 14.3 Å². The number of ether oxygens (including phenoxy) is 2. The summed E-state index contributed by atoms with van der Waals surface area (Å²) < 4.78 is 10.3. The number of nitrogens with one attached hydrogen (secondary N) is 1. The third-order valence-corrected chi connectivity index (χ3v) is 3.13. The van der Waals surface area contributed by atoms with Gasteiger partial charge in [-0.1, -0.05) is 18.2 Å². The van der Waals surface area contributed by atoms with E-state index in [-0.39, 0.29) is 5.91 Å². The van der Waals surface area contributed by atoms with Crippen molar-refractivity contribution in [1.29, 1.82) is 0 Å². The van der Waals surface area contributed by atoms with E-state index < -0.39 is 0 Å². The largest absolute Gasteiger partial charge is 0.495 e. The molecule has 0 atom stereocenters. The summed E-state index contributed by atoms with van der Waals surface area (Å²) >= 11 is 0. The first kappa shape index (κ1) is 15.1. The summed E-state index contributed by atoms with van der Waals surface area (Å²) in [6.45, 7) is 2.50. The maximum Gasteiger partial charge on any atom is 0.255 e. The van der Waals surface area contributed by atoms with Crippen molar-refractivity contribution in [2.75, 3.05) is 19.5 Å². The zero-order valence-electron chi connectivity index (χ0n) is 12.5. The van der Waals surface area contributed by atoms with Crippen LogP contribution in [0, 0.1) is 6.92 Å². The number of anilines is 1. The molecule has 110 valence electrons. The van der Waals surface area contributed by atoms with Gasteiger partial charge in [0.1, 0.15) is 5.75 Å². The van der Waals surface area contributed by atoms with Gasteiger partial charge in [-0.05, 0) is 42.3 Å². The Hall–Kier alpha value is -2.33. The minimum Gasteiger partial charge on any atom is -0.495 e. The monoisotopic (exact) mass is 285 g/mol. The van der Waals surface area contributed by atoms with Crippen LogP contribution >= 0.6 is 0 Å². The second-order valence-corrected chi connectivity index (χ2v) is 4.79. The molecule has 0 saturated carbocycles. The van der Waals surface area contributed by atoms with Gasteiger partial charge in [0, 0.05) is 12.7 Å². The van der Waals surface area contributed by atoms with Crippen LogP contribution in [0.25, 0.3) is 0 Å². The predicted octanol–water partition coefficient (Wildman–Crippen LogP) is 3.40. The smallest absolute Gasteiger partial charge is 0.255 e. The maximum atomic E-state index is 12.3. The van der Waals surface area contributed by atoms with E-state index >= 15 is 0 Å². The van der Waals surface area contributed by atoms with Crippen LogP contribution in [0.4, 0.5) is 5.69 Å². The highest BCUT2D eigenvalue weighted by atomic mass is 16.5. The van der Waals surface area contributed by atoms with Crippen molar-refractivity contribution in [1.82, 2.24) is 0 Å². The summed E-state index contributed by atoms with van der Waals surface area (Å²) in [5, 5.41) is 2.87. The van der Waals surface area contributed by atoms with Crippen molar-refractivity contribution in [2.24, 2.45) is 0 Å². The summed E-state index contributed by atoms with van der Waals surface area (Å²) in [6, 6.07) is 13.0. The van der Waals surface area contributed by atoms with Gasteiger partial charge in [-0.25, -0.2) is 0 Å². The highest BCUT2D eigenvalue weighted by Crippen LogP contribution is 2.25. The lowest BCUT2D eigenvalue weighted by atomic mass is 10.1. The number of aryl methyl sites for hydroxylation is 1. The first-order valence-electron chi connectivity index (χ1n) is 6.68. The van der Waals surface area contributed by atoms with Crippen molar-refractivity contribution in [2.45, 2.75) is 13.5 Å². The lowest BCUT2D eigenvalue weighted by Crippen LogP contribution is -2.12. The third-order valence-electron chi connectivity index (χ3n) is 3.13. The normalized spacial score (nSPS) is 10.2. The van der Waals surface area contributed by atoms with Crippen molar-refractivity contribution >= 4 is 11.6 Å². The zero-order valence-corrected chi connectivity index (χ0v) is 12.5. The Morgan fingerprint density at radius 2 is 1.81 bits per heavy atom. The molecule has 0 saturated heterocycles. The van der Waals surface area contributed by atoms with Crippen molar-refractivity contribution in [3.05, 3.63) is 59.2 Å². The molecule has 21 heavy (non-hydrogen) atoms. The van der Waals surface area contributed by atoms with E-state index in [2.05, 4.69) is 5.32 Å². The van der Waals surface area contributed by atoms with Crippen LogP contribution in [0.15, 0.2) is 42.5 Å². The summed E-state index contributed by atoms with van der Waals surface area (Å²) in [4.78, 5) is 12.3. The number of rotatable bonds is 5. The molecule has 0 aromatic heterocycles. The highest BCUT2D eigenvalue weighted by Gasteiger charge is 2.10. The Bertz CT molecular complexity index is 620. The van der Waals surface area contributed by atoms with Gasteiger partial charge in [0.25, 0.3) is 5.91 Å². The summed E-state index contributed by atoms with van der Waals surface area (Å²) in [5.74, 6) is 0.479. The minimum atomic E-state index is -0.164. The number of amides is 1. The average molecular weight is 285 g/mol. The molecular formula is C17H19NO3. The molecule has 4 nitrogen and oxygen atoms in total. The van der Waals surface area contributed by atoms with E-state index in [4.69, 9.17) is 9.47 Å². The molecule has 4 heteroatoms. The number of hydrogen-bond acceptors (Lipinski definition) is 3. The third kappa shape index (κ3) is 3.83. The SMILES string of the molecule is COCc1ccc(C(=O)Nc2cc(C)ccc2OC)cc1. The predicted molar refractivity (Wildman–Crippen MR) is 82.8 cm³/mol. The van der Waals surface area contributed by atoms with Gasteiger partial charge < -0.3 is 14.8 Å². The first-order chi connectivity index (χ1) is 10.1. The van der Waals surface area contributed by atoms with Gasteiger partial charge in [-0.3, -0.25) is 4.79 Å². The molecular weight excluding hydrogens is 266 g/mol. The summed E-state index contributed by atoms with van der Waals surface area (Å²) in [6.07, 6.45) is 0. The van der Waals surface area contributed by atoms with E-state index in [0.29, 0.717) is 23.6 Å². The Balaban J connectivity index is 2.15. The molecule has 0 aliphatic rings. The Labute approximate surface area is 124 Å². The molecule has 0 radical (unpaired) electrons. The van der Waals surface area contributed by atoms with Gasteiger partial charge in [0.05, 0.1) is 19.4 Å². The van der Waals surface area contributed by atoms with Crippen LogP contribution < -0.4 is 10.1 Å². The van der Waals surface area contributed by atoms with E-state index in [1.165, 1.54) is 0 Å². The summed E-state index contributed by atoms with van der Waals surface area (Å²) in [5.41, 5.74) is 3.35. The lowest BCUT2D eigenvalue weighted by Gasteiger charge is -2.11. The van der Waals surface area contributed by atoms with Gasteiger partial charge >= 0.3 is 0 Å². The fourth-order valence-corrected chi connectivity index (χ4v) is 2.03. The molecule has 1 N–H and O–H groups in total. The van der Waals surface area contributed by atoms with Gasteiger partial charge in [-0.2, -0.15) is 0 Å². The maximum absolute atomic E-state index is 12.3. The van der Waals surface area contributed by atoms with E-state index in [1.807, 2.05) is 37.3 Å². The highest BCUT2D eigenvalue weighted by molar-refractivity contribution is 6.05. The first-order valence-corrected chi connectivity index (χ1v) is 6.68. The molecule has 2 rings (SSSR count). The molecule has 0 unspecified atom stereocenters. The van der Waals surface area contributed by atoms with Crippen molar-refractivity contribution in [3.8, 4) is 5.75 Å². The molecule has 0 heterocycles. The second kappa shape index (κ2) is 6.90. The fourth-order valence-electron chi connectivity index (χ4n) is 2.03. The summed E-state index contributed by atoms with van der Waals surface area (Å²) in [7, 11) is 3.23. The van der Waals surface area contributed by atoms with Crippen LogP contribution in [0.2, 0.25) is 0 Å². The zero-order chi connectivity index (χ0) is 15.2. The average Bonchev–Trinajstić information content (AvgIpc) is 2.48. The number of benzene rings is 2. The van der Waals surface area contributed by atoms with Crippen LogP contribution in [0.1, 0.15) is 21.5 Å². The molecule has 1 amide bonds. The molecule has 0 spiro atoms. The molecule has 0 aliphatic carbocycles. The number of methoxy groups -OCH3 is 2. The van der Waals surface area contributed by atoms with Crippen LogP contribution in [-0.4, -0.2) is 20.1 Å². The second-order valence-electron chi connectivity index (χ2n) is 4.79. The van der Waals surface area contributed by atoms with E-state index in [0.717, 1.165) is 11.1 Å².